The first kappa shape index (κ1) is 24.6. The molecule has 2 aromatic heterocycles. The van der Waals surface area contributed by atoms with Gasteiger partial charge >= 0.3 is 0 Å². The highest BCUT2D eigenvalue weighted by Crippen LogP contribution is 2.62. The first-order chi connectivity index (χ1) is 16.6. The van der Waals surface area contributed by atoms with Gasteiger partial charge in [0.15, 0.2) is 5.13 Å². The number of amides is 2. The smallest absolute Gasteiger partial charge is 0.257 e. The average molecular weight is 519 g/mol. The number of nitrogens with one attached hydrogen (secondary N) is 2. The monoisotopic (exact) mass is 518 g/mol. The number of pyridine rings is 1. The third-order valence-corrected chi connectivity index (χ3v) is 9.65. The van der Waals surface area contributed by atoms with Gasteiger partial charge in [0.05, 0.1) is 18.4 Å². The van der Waals surface area contributed by atoms with Crippen molar-refractivity contribution < 1.29 is 19.8 Å². The van der Waals surface area contributed by atoms with Gasteiger partial charge in [0.1, 0.15) is 5.15 Å². The molecule has 0 saturated heterocycles. The Balaban J connectivity index is 1.49. The van der Waals surface area contributed by atoms with E-state index in [4.69, 9.17) is 16.6 Å². The number of aliphatic hydroxyl groups excluding tert-OH is 2. The number of fused-ring (bicyclic) bond motifs is 2. The number of carbonyl (C=O) groups is 2. The quantitative estimate of drug-likeness (QED) is 0.434. The van der Waals surface area contributed by atoms with Gasteiger partial charge in [-0.25, -0.2) is 9.97 Å². The Bertz CT molecular complexity index is 1150. The molecular weight excluding hydrogens is 488 g/mol. The Kier molecular flexibility index (Phi) is 6.40. The Morgan fingerprint density at radius 2 is 2.06 bits per heavy atom. The Morgan fingerprint density at radius 1 is 1.29 bits per heavy atom. The van der Waals surface area contributed by atoms with E-state index in [9.17, 15) is 19.8 Å². The third kappa shape index (κ3) is 4.48. The van der Waals surface area contributed by atoms with E-state index in [-0.39, 0.29) is 46.9 Å². The SMILES string of the molecule is CC1(CO)C(O)CCC2(C)C(CC(=O)NC3CC3)c3nc(NC(=O)c4ccnc(Cl)c4)sc3CC12. The van der Waals surface area contributed by atoms with Crippen molar-refractivity contribution in [2.75, 3.05) is 11.9 Å². The lowest BCUT2D eigenvalue weighted by atomic mass is 9.47. The number of aliphatic hydroxyl groups is 2. The summed E-state index contributed by atoms with van der Waals surface area (Å²) in [6, 6.07) is 3.35. The molecule has 0 aliphatic heterocycles. The van der Waals surface area contributed by atoms with Gasteiger partial charge in [0, 0.05) is 40.4 Å². The van der Waals surface area contributed by atoms with Crippen LogP contribution in [0.15, 0.2) is 18.3 Å². The minimum atomic E-state index is -0.683. The second-order valence-corrected chi connectivity index (χ2v) is 12.2. The minimum Gasteiger partial charge on any atom is -0.396 e. The van der Waals surface area contributed by atoms with Gasteiger partial charge in [0.2, 0.25) is 5.91 Å². The van der Waals surface area contributed by atoms with Crippen LogP contribution in [0.2, 0.25) is 5.15 Å². The molecule has 0 radical (unpaired) electrons. The standard InChI is InChI=1S/C25H31ClN4O4S/c1-24-7-5-18(32)25(2,12-31)17(24)11-16-21(15(24)10-20(33)28-14-3-4-14)29-23(35-16)30-22(34)13-6-8-27-19(26)9-13/h6,8-9,14-15,17-18,31-32H,3-5,7,10-12H2,1-2H3,(H,28,33)(H,29,30,34). The molecule has 35 heavy (non-hydrogen) atoms. The Hall–Kier alpha value is -2.07. The van der Waals surface area contributed by atoms with Crippen molar-refractivity contribution >= 4 is 39.9 Å². The molecule has 5 unspecified atom stereocenters. The molecule has 3 aliphatic carbocycles. The summed E-state index contributed by atoms with van der Waals surface area (Å²) in [4.78, 5) is 35.5. The number of rotatable bonds is 6. The summed E-state index contributed by atoms with van der Waals surface area (Å²) in [6.45, 7) is 3.99. The lowest BCUT2D eigenvalue weighted by Crippen LogP contribution is -2.57. The number of hydrogen-bond donors (Lipinski definition) is 4. The summed E-state index contributed by atoms with van der Waals surface area (Å²) in [5.74, 6) is -0.529. The number of thiazole rings is 1. The van der Waals surface area contributed by atoms with Crippen LogP contribution in [0.25, 0.3) is 0 Å². The normalized spacial score (nSPS) is 31.9. The van der Waals surface area contributed by atoms with Gasteiger partial charge in [-0.3, -0.25) is 14.9 Å². The molecule has 2 aromatic rings. The molecule has 4 N–H and O–H groups in total. The number of carbonyl (C=O) groups excluding carboxylic acids is 2. The molecular formula is C25H31ClN4O4S. The lowest BCUT2D eigenvalue weighted by Gasteiger charge is -2.58. The van der Waals surface area contributed by atoms with Crippen LogP contribution in [0.5, 0.6) is 0 Å². The van der Waals surface area contributed by atoms with Crippen LogP contribution < -0.4 is 10.6 Å². The van der Waals surface area contributed by atoms with Crippen molar-refractivity contribution in [3.05, 3.63) is 39.6 Å². The zero-order chi connectivity index (χ0) is 25.0. The molecule has 10 heteroatoms. The summed E-state index contributed by atoms with van der Waals surface area (Å²) in [5.41, 5.74) is 0.227. The van der Waals surface area contributed by atoms with Crippen molar-refractivity contribution in [3.63, 3.8) is 0 Å². The minimum absolute atomic E-state index is 0.00663. The van der Waals surface area contributed by atoms with Crippen LogP contribution in [-0.4, -0.2) is 50.7 Å². The van der Waals surface area contributed by atoms with Crippen molar-refractivity contribution in [3.8, 4) is 0 Å². The molecule has 2 fully saturated rings. The van der Waals surface area contributed by atoms with Gasteiger partial charge in [0.25, 0.3) is 5.91 Å². The molecule has 0 aromatic carbocycles. The van der Waals surface area contributed by atoms with E-state index in [1.807, 2.05) is 6.92 Å². The van der Waals surface area contributed by atoms with Crippen LogP contribution in [0.1, 0.15) is 72.8 Å². The number of aromatic nitrogens is 2. The first-order valence-corrected chi connectivity index (χ1v) is 13.3. The van der Waals surface area contributed by atoms with Crippen LogP contribution >= 0.6 is 22.9 Å². The molecule has 0 spiro atoms. The maximum Gasteiger partial charge on any atom is 0.257 e. The predicted octanol–water partition coefficient (Wildman–Crippen LogP) is 3.53. The highest BCUT2D eigenvalue weighted by Gasteiger charge is 2.59. The van der Waals surface area contributed by atoms with Crippen molar-refractivity contribution in [1.82, 2.24) is 15.3 Å². The first-order valence-electron chi connectivity index (χ1n) is 12.1. The van der Waals surface area contributed by atoms with E-state index in [0.717, 1.165) is 29.8 Å². The van der Waals surface area contributed by atoms with Crippen molar-refractivity contribution in [1.29, 1.82) is 0 Å². The molecule has 2 heterocycles. The lowest BCUT2D eigenvalue weighted by molar-refractivity contribution is -0.144. The summed E-state index contributed by atoms with van der Waals surface area (Å²) < 4.78 is 0. The van der Waals surface area contributed by atoms with Gasteiger partial charge in [-0.05, 0) is 55.6 Å². The van der Waals surface area contributed by atoms with Crippen LogP contribution in [-0.2, 0) is 11.2 Å². The summed E-state index contributed by atoms with van der Waals surface area (Å²) >= 11 is 7.34. The molecule has 8 nitrogen and oxygen atoms in total. The van der Waals surface area contributed by atoms with Gasteiger partial charge in [-0.15, -0.1) is 11.3 Å². The molecule has 3 aliphatic rings. The third-order valence-electron chi connectivity index (χ3n) is 8.43. The number of nitrogens with zero attached hydrogens (tertiary/aromatic N) is 2. The zero-order valence-corrected chi connectivity index (χ0v) is 21.5. The van der Waals surface area contributed by atoms with E-state index < -0.39 is 11.5 Å². The highest BCUT2D eigenvalue weighted by atomic mass is 35.5. The second-order valence-electron chi connectivity index (χ2n) is 10.7. The summed E-state index contributed by atoms with van der Waals surface area (Å²) in [5, 5.41) is 27.9. The Labute approximate surface area is 213 Å². The molecule has 5 atom stereocenters. The maximum atomic E-state index is 13.0. The van der Waals surface area contributed by atoms with Gasteiger partial charge in [-0.2, -0.15) is 0 Å². The van der Waals surface area contributed by atoms with E-state index in [1.165, 1.54) is 23.6 Å². The zero-order valence-electron chi connectivity index (χ0n) is 19.9. The van der Waals surface area contributed by atoms with Crippen LogP contribution in [0.3, 0.4) is 0 Å². The number of hydrogen-bond acceptors (Lipinski definition) is 7. The summed E-state index contributed by atoms with van der Waals surface area (Å²) in [6.07, 6.45) is 5.13. The van der Waals surface area contributed by atoms with Gasteiger partial charge in [-0.1, -0.05) is 25.4 Å². The van der Waals surface area contributed by atoms with E-state index >= 15 is 0 Å². The molecule has 5 rings (SSSR count). The van der Waals surface area contributed by atoms with E-state index in [2.05, 4.69) is 22.5 Å². The summed E-state index contributed by atoms with van der Waals surface area (Å²) in [7, 11) is 0. The van der Waals surface area contributed by atoms with Crippen LogP contribution in [0, 0.1) is 16.7 Å². The van der Waals surface area contributed by atoms with Gasteiger partial charge < -0.3 is 15.5 Å². The molecule has 188 valence electrons. The van der Waals surface area contributed by atoms with E-state index in [1.54, 1.807) is 6.07 Å². The fourth-order valence-electron chi connectivity index (χ4n) is 6.11. The van der Waals surface area contributed by atoms with Crippen molar-refractivity contribution in [2.24, 2.45) is 16.7 Å². The second kappa shape index (κ2) is 9.10. The average Bonchev–Trinajstić information content (AvgIpc) is 3.54. The number of halogens is 1. The van der Waals surface area contributed by atoms with Crippen molar-refractivity contribution in [2.45, 2.75) is 70.4 Å². The molecule has 0 bridgehead atoms. The van der Waals surface area contributed by atoms with Crippen LogP contribution in [0.4, 0.5) is 5.13 Å². The Morgan fingerprint density at radius 3 is 2.74 bits per heavy atom. The molecule has 2 saturated carbocycles. The maximum absolute atomic E-state index is 13.0. The number of anilines is 1. The van der Waals surface area contributed by atoms with E-state index in [0.29, 0.717) is 30.0 Å². The highest BCUT2D eigenvalue weighted by molar-refractivity contribution is 7.15. The predicted molar refractivity (Wildman–Crippen MR) is 134 cm³/mol. The molecule has 2 amide bonds. The fraction of sp³-hybridized carbons (Fsp3) is 0.600. The topological polar surface area (TPSA) is 124 Å². The largest absolute Gasteiger partial charge is 0.396 e. The fourth-order valence-corrected chi connectivity index (χ4v) is 7.35.